The van der Waals surface area contributed by atoms with Gasteiger partial charge in [0.15, 0.2) is 0 Å². The highest BCUT2D eigenvalue weighted by molar-refractivity contribution is 6.01. The smallest absolute Gasteiger partial charge is 0.303 e. The second kappa shape index (κ2) is 9.42. The first-order valence-electron chi connectivity index (χ1n) is 11.4. The van der Waals surface area contributed by atoms with E-state index in [9.17, 15) is 9.59 Å². The largest absolute Gasteiger partial charge is 0.481 e. The minimum atomic E-state index is -1.03. The fourth-order valence-corrected chi connectivity index (χ4v) is 4.26. The maximum atomic E-state index is 13.1. The lowest BCUT2D eigenvalue weighted by molar-refractivity contribution is -0.141. The topological polar surface area (TPSA) is 101 Å². The summed E-state index contributed by atoms with van der Waals surface area (Å²) in [5.41, 5.74) is 5.12. The molecule has 0 radical (unpaired) electrons. The first-order valence-corrected chi connectivity index (χ1v) is 11.4. The Morgan fingerprint density at radius 2 is 1.89 bits per heavy atom. The van der Waals surface area contributed by atoms with Crippen LogP contribution >= 0.6 is 0 Å². The maximum Gasteiger partial charge on any atom is 0.303 e. The van der Waals surface area contributed by atoms with Crippen LogP contribution in [0.4, 0.5) is 0 Å². The standard InChI is InChI=1S/C27H24N4O4/c1-18-7-5-8-19(15-18)27-21(17-30(29-27)20-9-3-2-4-10-20)23-16-22(24-11-6-14-35-24)28-31(23)25(32)12-13-26(33)34/h2-11,14-15,17,23H,12-13,16H2,1H3,(H,33,34)/t23-/m0/s1. The van der Waals surface area contributed by atoms with Crippen molar-refractivity contribution in [2.75, 3.05) is 0 Å². The molecule has 35 heavy (non-hydrogen) atoms. The van der Waals surface area contributed by atoms with Gasteiger partial charge >= 0.3 is 5.97 Å². The van der Waals surface area contributed by atoms with Crippen LogP contribution in [0.3, 0.4) is 0 Å². The number of para-hydroxylation sites is 1. The Hall–Kier alpha value is -4.46. The van der Waals surface area contributed by atoms with E-state index in [2.05, 4.69) is 11.2 Å². The first kappa shape index (κ1) is 22.3. The zero-order chi connectivity index (χ0) is 24.4. The van der Waals surface area contributed by atoms with Crippen molar-refractivity contribution in [1.82, 2.24) is 14.8 Å². The molecule has 0 saturated carbocycles. The number of amides is 1. The number of furan rings is 1. The van der Waals surface area contributed by atoms with Crippen LogP contribution in [0.1, 0.15) is 42.2 Å². The Labute approximate surface area is 202 Å². The number of aromatic nitrogens is 2. The molecule has 176 valence electrons. The van der Waals surface area contributed by atoms with Crippen molar-refractivity contribution in [1.29, 1.82) is 0 Å². The number of nitrogens with zero attached hydrogens (tertiary/aromatic N) is 4. The molecule has 2 aromatic heterocycles. The van der Waals surface area contributed by atoms with Gasteiger partial charge in [0, 0.05) is 30.2 Å². The van der Waals surface area contributed by atoms with Crippen molar-refractivity contribution in [3.8, 4) is 16.9 Å². The number of carbonyl (C=O) groups is 2. The van der Waals surface area contributed by atoms with Gasteiger partial charge < -0.3 is 9.52 Å². The minimum Gasteiger partial charge on any atom is -0.481 e. The monoisotopic (exact) mass is 468 g/mol. The molecular weight excluding hydrogens is 444 g/mol. The van der Waals surface area contributed by atoms with E-state index in [-0.39, 0.29) is 18.7 Å². The third kappa shape index (κ3) is 4.63. The Bertz CT molecular complexity index is 1390. The predicted molar refractivity (Wildman–Crippen MR) is 130 cm³/mol. The van der Waals surface area contributed by atoms with Gasteiger partial charge in [0.1, 0.15) is 11.5 Å². The molecule has 1 N–H and O–H groups in total. The SMILES string of the molecule is Cc1cccc(-c2nn(-c3ccccc3)cc2[C@@H]2CC(c3ccco3)=NN2C(=O)CCC(=O)O)c1. The molecule has 0 unspecified atom stereocenters. The molecule has 1 atom stereocenters. The Morgan fingerprint density at radius 1 is 1.06 bits per heavy atom. The summed E-state index contributed by atoms with van der Waals surface area (Å²) in [6.45, 7) is 2.02. The van der Waals surface area contributed by atoms with Crippen molar-refractivity contribution in [2.45, 2.75) is 32.2 Å². The second-order valence-corrected chi connectivity index (χ2v) is 8.46. The number of benzene rings is 2. The van der Waals surface area contributed by atoms with E-state index in [4.69, 9.17) is 14.6 Å². The van der Waals surface area contributed by atoms with Crippen LogP contribution in [0.2, 0.25) is 0 Å². The predicted octanol–water partition coefficient (Wildman–Crippen LogP) is 4.98. The molecule has 0 aliphatic carbocycles. The highest BCUT2D eigenvalue weighted by atomic mass is 16.4. The van der Waals surface area contributed by atoms with Crippen LogP contribution < -0.4 is 0 Å². The lowest BCUT2D eigenvalue weighted by Crippen LogP contribution is -2.27. The molecule has 0 saturated heterocycles. The van der Waals surface area contributed by atoms with Gasteiger partial charge in [0.05, 0.1) is 30.1 Å². The van der Waals surface area contributed by atoms with E-state index in [0.717, 1.165) is 28.1 Å². The van der Waals surface area contributed by atoms with E-state index < -0.39 is 12.0 Å². The van der Waals surface area contributed by atoms with Gasteiger partial charge in [0.25, 0.3) is 0 Å². The third-order valence-electron chi connectivity index (χ3n) is 5.94. The van der Waals surface area contributed by atoms with Gasteiger partial charge in [-0.05, 0) is 37.3 Å². The summed E-state index contributed by atoms with van der Waals surface area (Å²) in [5, 5.41) is 20.0. The van der Waals surface area contributed by atoms with Crippen molar-refractivity contribution in [2.24, 2.45) is 5.10 Å². The molecule has 0 spiro atoms. The minimum absolute atomic E-state index is 0.145. The molecule has 4 aromatic rings. The molecule has 3 heterocycles. The molecule has 2 aromatic carbocycles. The zero-order valence-electron chi connectivity index (χ0n) is 19.2. The van der Waals surface area contributed by atoms with Crippen LogP contribution in [0.5, 0.6) is 0 Å². The normalized spacial score (nSPS) is 15.3. The maximum absolute atomic E-state index is 13.1. The molecular formula is C27H24N4O4. The van der Waals surface area contributed by atoms with E-state index in [1.807, 2.05) is 61.7 Å². The summed E-state index contributed by atoms with van der Waals surface area (Å²) < 4.78 is 7.35. The summed E-state index contributed by atoms with van der Waals surface area (Å²) in [6.07, 6.45) is 3.50. The molecule has 1 aliphatic rings. The summed E-state index contributed by atoms with van der Waals surface area (Å²) in [6, 6.07) is 20.9. The van der Waals surface area contributed by atoms with Gasteiger partial charge in [-0.1, -0.05) is 42.0 Å². The zero-order valence-corrected chi connectivity index (χ0v) is 19.2. The number of carbonyl (C=O) groups excluding carboxylic acids is 1. The number of aryl methyl sites for hydroxylation is 1. The molecule has 1 amide bonds. The van der Waals surface area contributed by atoms with Crippen molar-refractivity contribution < 1.29 is 19.1 Å². The summed E-state index contributed by atoms with van der Waals surface area (Å²) in [5.74, 6) is -0.806. The third-order valence-corrected chi connectivity index (χ3v) is 5.94. The van der Waals surface area contributed by atoms with E-state index in [0.29, 0.717) is 17.9 Å². The molecule has 5 rings (SSSR count). The van der Waals surface area contributed by atoms with Crippen molar-refractivity contribution >= 4 is 17.6 Å². The number of carboxylic acids is 1. The van der Waals surface area contributed by atoms with Gasteiger partial charge in [0.2, 0.25) is 5.91 Å². The Morgan fingerprint density at radius 3 is 2.60 bits per heavy atom. The van der Waals surface area contributed by atoms with Crippen LogP contribution in [0.15, 0.2) is 88.7 Å². The van der Waals surface area contributed by atoms with Gasteiger partial charge in [-0.3, -0.25) is 9.59 Å². The first-order chi connectivity index (χ1) is 17.0. The summed E-state index contributed by atoms with van der Waals surface area (Å²) in [7, 11) is 0. The number of carboxylic acid groups (broad SMARTS) is 1. The van der Waals surface area contributed by atoms with Crippen LogP contribution in [-0.4, -0.2) is 37.5 Å². The lowest BCUT2D eigenvalue weighted by Gasteiger charge is -2.21. The second-order valence-electron chi connectivity index (χ2n) is 8.46. The molecule has 0 fully saturated rings. The fraction of sp³-hybridized carbons (Fsp3) is 0.185. The number of hydrogen-bond donors (Lipinski definition) is 1. The fourth-order valence-electron chi connectivity index (χ4n) is 4.26. The van der Waals surface area contributed by atoms with E-state index in [1.54, 1.807) is 23.1 Å². The van der Waals surface area contributed by atoms with Gasteiger partial charge in [-0.25, -0.2) is 9.69 Å². The summed E-state index contributed by atoms with van der Waals surface area (Å²) >= 11 is 0. The lowest BCUT2D eigenvalue weighted by atomic mass is 9.97. The number of aliphatic carboxylic acids is 1. The quantitative estimate of drug-likeness (QED) is 0.412. The van der Waals surface area contributed by atoms with Gasteiger partial charge in [-0.2, -0.15) is 10.2 Å². The summed E-state index contributed by atoms with van der Waals surface area (Å²) in [4.78, 5) is 24.2. The van der Waals surface area contributed by atoms with Crippen molar-refractivity contribution in [3.05, 3.63) is 96.1 Å². The molecule has 0 bridgehead atoms. The van der Waals surface area contributed by atoms with Crippen LogP contribution in [-0.2, 0) is 9.59 Å². The van der Waals surface area contributed by atoms with Gasteiger partial charge in [-0.15, -0.1) is 0 Å². The molecule has 8 heteroatoms. The number of hydrazone groups is 1. The Balaban J connectivity index is 1.60. The number of hydrogen-bond acceptors (Lipinski definition) is 5. The molecule has 1 aliphatic heterocycles. The molecule has 8 nitrogen and oxygen atoms in total. The highest BCUT2D eigenvalue weighted by Crippen LogP contribution is 2.39. The van der Waals surface area contributed by atoms with Crippen molar-refractivity contribution in [3.63, 3.8) is 0 Å². The van der Waals surface area contributed by atoms with E-state index >= 15 is 0 Å². The van der Waals surface area contributed by atoms with E-state index in [1.165, 1.54) is 5.01 Å². The van der Waals surface area contributed by atoms with Crippen LogP contribution in [0.25, 0.3) is 16.9 Å². The number of rotatable bonds is 7. The highest BCUT2D eigenvalue weighted by Gasteiger charge is 2.37. The average Bonchev–Trinajstić information content (AvgIpc) is 3.62. The Kier molecular flexibility index (Phi) is 6.01. The average molecular weight is 469 g/mol. The van der Waals surface area contributed by atoms with Crippen LogP contribution in [0, 0.1) is 6.92 Å².